The van der Waals surface area contributed by atoms with Gasteiger partial charge < -0.3 is 5.73 Å². The zero-order valence-corrected chi connectivity index (χ0v) is 11.6. The summed E-state index contributed by atoms with van der Waals surface area (Å²) in [5.41, 5.74) is 11.0. The van der Waals surface area contributed by atoms with Gasteiger partial charge in [-0.3, -0.25) is 4.79 Å². The second kappa shape index (κ2) is 4.90. The summed E-state index contributed by atoms with van der Waals surface area (Å²) in [6.45, 7) is 6.32. The molecule has 0 unspecified atom stereocenters. The van der Waals surface area contributed by atoms with Crippen LogP contribution in [0.2, 0.25) is 0 Å². The Morgan fingerprint density at radius 3 is 2.67 bits per heavy atom. The molecule has 3 nitrogen and oxygen atoms in total. The van der Waals surface area contributed by atoms with E-state index in [1.807, 2.05) is 5.38 Å². The average molecular weight is 260 g/mol. The summed E-state index contributed by atoms with van der Waals surface area (Å²) in [6.07, 6.45) is 0.217. The second-order valence-corrected chi connectivity index (χ2v) is 5.39. The molecule has 2 rings (SSSR count). The summed E-state index contributed by atoms with van der Waals surface area (Å²) in [5.74, 6) is -0.340. The van der Waals surface area contributed by atoms with Gasteiger partial charge in [0.1, 0.15) is 5.01 Å². The van der Waals surface area contributed by atoms with E-state index in [2.05, 4.69) is 37.9 Å². The molecule has 1 heterocycles. The summed E-state index contributed by atoms with van der Waals surface area (Å²) in [7, 11) is 0. The molecular weight excluding hydrogens is 244 g/mol. The van der Waals surface area contributed by atoms with Crippen LogP contribution >= 0.6 is 11.3 Å². The molecule has 0 aliphatic carbocycles. The summed E-state index contributed by atoms with van der Waals surface area (Å²) in [4.78, 5) is 15.3. The molecule has 0 spiro atoms. The van der Waals surface area contributed by atoms with Crippen LogP contribution in [0.4, 0.5) is 0 Å². The number of aromatic nitrogens is 1. The van der Waals surface area contributed by atoms with Crippen molar-refractivity contribution in [3.63, 3.8) is 0 Å². The monoisotopic (exact) mass is 260 g/mol. The van der Waals surface area contributed by atoms with Gasteiger partial charge in [0, 0.05) is 10.9 Å². The molecule has 0 atom stereocenters. The van der Waals surface area contributed by atoms with E-state index in [0.717, 1.165) is 16.3 Å². The Kier molecular flexibility index (Phi) is 3.48. The van der Waals surface area contributed by atoms with E-state index in [1.165, 1.54) is 28.0 Å². The molecule has 1 amide bonds. The van der Waals surface area contributed by atoms with Gasteiger partial charge in [-0.15, -0.1) is 11.3 Å². The standard InChI is InChI=1S/C14H16N2OS/c1-8-4-5-11(10(3)9(8)2)12-7-18-14(16-12)6-13(15)17/h4-5,7H,6H2,1-3H3,(H2,15,17). The summed E-state index contributed by atoms with van der Waals surface area (Å²) < 4.78 is 0. The maximum Gasteiger partial charge on any atom is 0.224 e. The Labute approximate surface area is 111 Å². The first kappa shape index (κ1) is 12.8. The molecule has 2 aromatic rings. The van der Waals surface area contributed by atoms with Crippen molar-refractivity contribution in [3.8, 4) is 11.3 Å². The molecule has 0 fully saturated rings. The molecule has 1 aromatic heterocycles. The number of amides is 1. The van der Waals surface area contributed by atoms with Gasteiger partial charge in [-0.05, 0) is 37.5 Å². The van der Waals surface area contributed by atoms with Crippen LogP contribution in [0.1, 0.15) is 21.7 Å². The Morgan fingerprint density at radius 2 is 2.00 bits per heavy atom. The topological polar surface area (TPSA) is 56.0 Å². The largest absolute Gasteiger partial charge is 0.369 e. The first-order valence-electron chi connectivity index (χ1n) is 5.79. The maximum absolute atomic E-state index is 10.9. The molecule has 0 aliphatic heterocycles. The first-order valence-corrected chi connectivity index (χ1v) is 6.67. The van der Waals surface area contributed by atoms with E-state index in [9.17, 15) is 4.79 Å². The number of carbonyl (C=O) groups excluding carboxylic acids is 1. The SMILES string of the molecule is Cc1ccc(-c2csc(CC(N)=O)n2)c(C)c1C. The zero-order chi connectivity index (χ0) is 13.3. The molecule has 4 heteroatoms. The molecule has 1 aromatic carbocycles. The third-order valence-corrected chi connectivity index (χ3v) is 4.06. The number of primary amides is 1. The van der Waals surface area contributed by atoms with Crippen molar-refractivity contribution < 1.29 is 4.79 Å². The minimum Gasteiger partial charge on any atom is -0.369 e. The second-order valence-electron chi connectivity index (χ2n) is 4.45. The summed E-state index contributed by atoms with van der Waals surface area (Å²) in [6, 6.07) is 4.19. The van der Waals surface area contributed by atoms with Crippen LogP contribution in [0.15, 0.2) is 17.5 Å². The highest BCUT2D eigenvalue weighted by Crippen LogP contribution is 2.28. The molecule has 0 radical (unpaired) electrons. The Balaban J connectivity index is 2.40. The minimum absolute atomic E-state index is 0.217. The lowest BCUT2D eigenvalue weighted by atomic mass is 9.97. The van der Waals surface area contributed by atoms with E-state index in [4.69, 9.17) is 5.73 Å². The number of nitrogens with zero attached hydrogens (tertiary/aromatic N) is 1. The highest BCUT2D eigenvalue weighted by molar-refractivity contribution is 7.10. The van der Waals surface area contributed by atoms with Crippen LogP contribution in [0, 0.1) is 20.8 Å². The quantitative estimate of drug-likeness (QED) is 0.922. The number of hydrogen-bond donors (Lipinski definition) is 1. The van der Waals surface area contributed by atoms with Crippen LogP contribution in [-0.4, -0.2) is 10.9 Å². The van der Waals surface area contributed by atoms with Crippen LogP contribution in [0.5, 0.6) is 0 Å². The van der Waals surface area contributed by atoms with Gasteiger partial charge in [0.25, 0.3) is 0 Å². The predicted octanol–water partition coefficient (Wildman–Crippen LogP) is 2.76. The van der Waals surface area contributed by atoms with Crippen molar-refractivity contribution in [2.45, 2.75) is 27.2 Å². The molecule has 2 N–H and O–H groups in total. The number of aryl methyl sites for hydroxylation is 1. The fourth-order valence-electron chi connectivity index (χ4n) is 1.90. The minimum atomic E-state index is -0.340. The van der Waals surface area contributed by atoms with Gasteiger partial charge in [-0.25, -0.2) is 4.98 Å². The fraction of sp³-hybridized carbons (Fsp3) is 0.286. The third-order valence-electron chi connectivity index (χ3n) is 3.21. The summed E-state index contributed by atoms with van der Waals surface area (Å²) >= 11 is 1.48. The lowest BCUT2D eigenvalue weighted by Crippen LogP contribution is -2.13. The normalized spacial score (nSPS) is 10.6. The number of benzene rings is 1. The number of hydrogen-bond acceptors (Lipinski definition) is 3. The van der Waals surface area contributed by atoms with Crippen molar-refractivity contribution in [1.29, 1.82) is 0 Å². The molecule has 0 bridgehead atoms. The van der Waals surface area contributed by atoms with Gasteiger partial charge in [-0.1, -0.05) is 12.1 Å². The fourth-order valence-corrected chi connectivity index (χ4v) is 2.70. The Morgan fingerprint density at radius 1 is 1.28 bits per heavy atom. The van der Waals surface area contributed by atoms with E-state index in [1.54, 1.807) is 0 Å². The van der Waals surface area contributed by atoms with Crippen LogP contribution in [0.25, 0.3) is 11.3 Å². The molecule has 0 aliphatic rings. The third kappa shape index (κ3) is 2.43. The lowest BCUT2D eigenvalue weighted by Gasteiger charge is -2.09. The van der Waals surface area contributed by atoms with Crippen LogP contribution in [-0.2, 0) is 11.2 Å². The zero-order valence-electron chi connectivity index (χ0n) is 10.8. The predicted molar refractivity (Wildman–Crippen MR) is 74.7 cm³/mol. The van der Waals surface area contributed by atoms with Gasteiger partial charge in [-0.2, -0.15) is 0 Å². The van der Waals surface area contributed by atoms with Gasteiger partial charge in [0.2, 0.25) is 5.91 Å². The Bertz CT molecular complexity index is 602. The maximum atomic E-state index is 10.9. The highest BCUT2D eigenvalue weighted by atomic mass is 32.1. The molecule has 18 heavy (non-hydrogen) atoms. The first-order chi connectivity index (χ1) is 8.49. The van der Waals surface area contributed by atoms with E-state index >= 15 is 0 Å². The number of nitrogens with two attached hydrogens (primary N) is 1. The van der Waals surface area contributed by atoms with Crippen molar-refractivity contribution in [2.24, 2.45) is 5.73 Å². The van der Waals surface area contributed by atoms with E-state index in [-0.39, 0.29) is 12.3 Å². The average Bonchev–Trinajstić information content (AvgIpc) is 2.73. The highest BCUT2D eigenvalue weighted by Gasteiger charge is 2.10. The molecule has 0 saturated carbocycles. The lowest BCUT2D eigenvalue weighted by molar-refractivity contribution is -0.117. The van der Waals surface area contributed by atoms with Crippen molar-refractivity contribution in [1.82, 2.24) is 4.98 Å². The number of carbonyl (C=O) groups is 1. The van der Waals surface area contributed by atoms with Gasteiger partial charge >= 0.3 is 0 Å². The molecule has 0 saturated heterocycles. The summed E-state index contributed by atoms with van der Waals surface area (Å²) in [5, 5.41) is 2.75. The van der Waals surface area contributed by atoms with Gasteiger partial charge in [0.05, 0.1) is 12.1 Å². The van der Waals surface area contributed by atoms with Gasteiger partial charge in [0.15, 0.2) is 0 Å². The van der Waals surface area contributed by atoms with Crippen molar-refractivity contribution >= 4 is 17.2 Å². The van der Waals surface area contributed by atoms with E-state index in [0.29, 0.717) is 0 Å². The van der Waals surface area contributed by atoms with Crippen molar-refractivity contribution in [3.05, 3.63) is 39.2 Å². The molecular formula is C14H16N2OS. The molecule has 94 valence electrons. The Hall–Kier alpha value is -1.68. The number of thiazole rings is 1. The van der Waals surface area contributed by atoms with Crippen molar-refractivity contribution in [2.75, 3.05) is 0 Å². The van der Waals surface area contributed by atoms with Crippen LogP contribution < -0.4 is 5.73 Å². The smallest absolute Gasteiger partial charge is 0.224 e. The van der Waals surface area contributed by atoms with E-state index < -0.39 is 0 Å². The number of rotatable bonds is 3. The van der Waals surface area contributed by atoms with Crippen LogP contribution in [0.3, 0.4) is 0 Å².